The molecule has 0 saturated heterocycles. The van der Waals surface area contributed by atoms with Crippen molar-refractivity contribution in [1.82, 2.24) is 0 Å². The van der Waals surface area contributed by atoms with E-state index >= 15 is 0 Å². The third-order valence-electron chi connectivity index (χ3n) is 3.21. The number of carbonyl (C=O) groups is 2. The molecule has 0 rings (SSSR count). The Bertz CT molecular complexity index is 302. The molecule has 0 aromatic carbocycles. The van der Waals surface area contributed by atoms with E-state index in [1.54, 1.807) is 26.8 Å². The molecule has 0 radical (unpaired) electrons. The number of ether oxygens (including phenoxy) is 2. The summed E-state index contributed by atoms with van der Waals surface area (Å²) in [6.45, 7) is 7.90. The second-order valence-electron chi connectivity index (χ2n) is 4.66. The first-order chi connectivity index (χ1) is 9.58. The van der Waals surface area contributed by atoms with Gasteiger partial charge in [-0.05, 0) is 33.1 Å². The van der Waals surface area contributed by atoms with Crippen molar-refractivity contribution >= 4 is 11.9 Å². The molecule has 0 heterocycles. The van der Waals surface area contributed by atoms with Gasteiger partial charge < -0.3 is 9.47 Å². The van der Waals surface area contributed by atoms with Crippen LogP contribution < -0.4 is 0 Å². The summed E-state index contributed by atoms with van der Waals surface area (Å²) >= 11 is 0. The fraction of sp³-hybridized carbons (Fsp3) is 0.750. The molecule has 0 aliphatic heterocycles. The standard InChI is InChI=1S/C16H28O4/c1-5-9-10-11-12-13-16(6-2,14(17)19-7-3)15(18)20-8-4/h12-13H,5-11H2,1-4H3/b13-12+. The summed E-state index contributed by atoms with van der Waals surface area (Å²) in [7, 11) is 0. The maximum atomic E-state index is 12.2. The van der Waals surface area contributed by atoms with Crippen molar-refractivity contribution in [3.63, 3.8) is 0 Å². The lowest BCUT2D eigenvalue weighted by Crippen LogP contribution is -2.40. The monoisotopic (exact) mass is 284 g/mol. The molecule has 0 saturated carbocycles. The summed E-state index contributed by atoms with van der Waals surface area (Å²) in [5.74, 6) is -1.04. The highest BCUT2D eigenvalue weighted by molar-refractivity contribution is 6.02. The zero-order chi connectivity index (χ0) is 15.4. The van der Waals surface area contributed by atoms with Crippen LogP contribution >= 0.6 is 0 Å². The normalized spacial score (nSPS) is 11.6. The predicted octanol–water partition coefficient (Wildman–Crippen LogP) is 3.65. The van der Waals surface area contributed by atoms with Crippen molar-refractivity contribution in [2.45, 2.75) is 59.8 Å². The molecule has 4 nitrogen and oxygen atoms in total. The van der Waals surface area contributed by atoms with Crippen molar-refractivity contribution in [2.75, 3.05) is 13.2 Å². The highest BCUT2D eigenvalue weighted by atomic mass is 16.6. The van der Waals surface area contributed by atoms with Gasteiger partial charge in [-0.15, -0.1) is 0 Å². The Kier molecular flexibility index (Phi) is 9.77. The fourth-order valence-electron chi connectivity index (χ4n) is 1.94. The lowest BCUT2D eigenvalue weighted by atomic mass is 9.84. The van der Waals surface area contributed by atoms with E-state index in [0.29, 0.717) is 6.42 Å². The summed E-state index contributed by atoms with van der Waals surface area (Å²) in [6, 6.07) is 0. The van der Waals surface area contributed by atoms with E-state index in [1.807, 2.05) is 6.08 Å². The maximum Gasteiger partial charge on any atom is 0.327 e. The van der Waals surface area contributed by atoms with E-state index in [4.69, 9.17) is 9.47 Å². The summed E-state index contributed by atoms with van der Waals surface area (Å²) in [5.41, 5.74) is -1.29. The van der Waals surface area contributed by atoms with Gasteiger partial charge in [0.05, 0.1) is 13.2 Å². The Morgan fingerprint density at radius 2 is 1.50 bits per heavy atom. The molecule has 0 aromatic rings. The minimum atomic E-state index is -1.29. The Labute approximate surface area is 122 Å². The molecule has 116 valence electrons. The van der Waals surface area contributed by atoms with Gasteiger partial charge in [-0.2, -0.15) is 0 Å². The first-order valence-electron chi connectivity index (χ1n) is 7.61. The van der Waals surface area contributed by atoms with Gasteiger partial charge >= 0.3 is 11.9 Å². The topological polar surface area (TPSA) is 52.6 Å². The Morgan fingerprint density at radius 3 is 1.90 bits per heavy atom. The molecule has 0 unspecified atom stereocenters. The van der Waals surface area contributed by atoms with Crippen LogP contribution in [0.1, 0.15) is 59.8 Å². The lowest BCUT2D eigenvalue weighted by molar-refractivity contribution is -0.168. The average molecular weight is 284 g/mol. The maximum absolute atomic E-state index is 12.2. The largest absolute Gasteiger partial charge is 0.465 e. The molecule has 0 amide bonds. The van der Waals surface area contributed by atoms with Crippen molar-refractivity contribution in [3.8, 4) is 0 Å². The van der Waals surface area contributed by atoms with Crippen molar-refractivity contribution in [2.24, 2.45) is 5.41 Å². The first kappa shape index (κ1) is 18.7. The van der Waals surface area contributed by atoms with Crippen LogP contribution in [0.25, 0.3) is 0 Å². The van der Waals surface area contributed by atoms with Gasteiger partial charge in [0.2, 0.25) is 0 Å². The molecule has 0 aliphatic rings. The van der Waals surface area contributed by atoms with Gasteiger partial charge in [-0.25, -0.2) is 0 Å². The number of rotatable bonds is 10. The van der Waals surface area contributed by atoms with Crippen molar-refractivity contribution < 1.29 is 19.1 Å². The molecule has 0 spiro atoms. The van der Waals surface area contributed by atoms with Crippen LogP contribution in [-0.2, 0) is 19.1 Å². The predicted molar refractivity (Wildman–Crippen MR) is 79.3 cm³/mol. The number of carbonyl (C=O) groups excluding carboxylic acids is 2. The van der Waals surface area contributed by atoms with Gasteiger partial charge in [0.25, 0.3) is 0 Å². The molecule has 0 atom stereocenters. The molecule has 0 aromatic heterocycles. The highest BCUT2D eigenvalue weighted by Crippen LogP contribution is 2.28. The van der Waals surface area contributed by atoms with Crippen LogP contribution in [0.3, 0.4) is 0 Å². The molecular formula is C16H28O4. The molecule has 20 heavy (non-hydrogen) atoms. The summed E-state index contributed by atoms with van der Waals surface area (Å²) in [5, 5.41) is 0. The number of unbranched alkanes of at least 4 members (excludes halogenated alkanes) is 3. The summed E-state index contributed by atoms with van der Waals surface area (Å²) in [4.78, 5) is 24.3. The highest BCUT2D eigenvalue weighted by Gasteiger charge is 2.44. The van der Waals surface area contributed by atoms with E-state index in [0.717, 1.165) is 25.7 Å². The molecule has 0 fully saturated rings. The molecule has 0 N–H and O–H groups in total. The van der Waals surface area contributed by atoms with Crippen molar-refractivity contribution in [1.29, 1.82) is 0 Å². The number of esters is 2. The Balaban J connectivity index is 5.00. The van der Waals surface area contributed by atoms with Gasteiger partial charge in [0.15, 0.2) is 5.41 Å². The molecular weight excluding hydrogens is 256 g/mol. The first-order valence-corrected chi connectivity index (χ1v) is 7.61. The second-order valence-corrected chi connectivity index (χ2v) is 4.66. The van der Waals surface area contributed by atoms with Crippen molar-refractivity contribution in [3.05, 3.63) is 12.2 Å². The van der Waals surface area contributed by atoms with Crippen LogP contribution in [-0.4, -0.2) is 25.2 Å². The van der Waals surface area contributed by atoms with Crippen LogP contribution in [0.5, 0.6) is 0 Å². The van der Waals surface area contributed by atoms with Crippen LogP contribution in [0.2, 0.25) is 0 Å². The van der Waals surface area contributed by atoms with Gasteiger partial charge in [-0.3, -0.25) is 9.59 Å². The zero-order valence-corrected chi connectivity index (χ0v) is 13.2. The third-order valence-corrected chi connectivity index (χ3v) is 3.21. The summed E-state index contributed by atoms with van der Waals surface area (Å²) in [6.07, 6.45) is 8.10. The van der Waals surface area contributed by atoms with E-state index in [2.05, 4.69) is 6.92 Å². The number of allylic oxidation sites excluding steroid dienone is 1. The van der Waals surface area contributed by atoms with E-state index in [9.17, 15) is 9.59 Å². The SMILES string of the molecule is CCCCC/C=C/C(CC)(C(=O)OCC)C(=O)OCC. The molecule has 0 bridgehead atoms. The van der Waals surface area contributed by atoms with E-state index in [1.165, 1.54) is 0 Å². The van der Waals surface area contributed by atoms with Crippen LogP contribution in [0, 0.1) is 5.41 Å². The summed E-state index contributed by atoms with van der Waals surface area (Å²) < 4.78 is 10.1. The molecule has 0 aliphatic carbocycles. The second kappa shape index (κ2) is 10.5. The van der Waals surface area contributed by atoms with Gasteiger partial charge in [0.1, 0.15) is 0 Å². The minimum Gasteiger partial charge on any atom is -0.465 e. The Hall–Kier alpha value is -1.32. The number of hydrogen-bond donors (Lipinski definition) is 0. The smallest absolute Gasteiger partial charge is 0.327 e. The molecule has 4 heteroatoms. The van der Waals surface area contributed by atoms with Gasteiger partial charge in [-0.1, -0.05) is 38.8 Å². The van der Waals surface area contributed by atoms with Crippen LogP contribution in [0.15, 0.2) is 12.2 Å². The van der Waals surface area contributed by atoms with Crippen LogP contribution in [0.4, 0.5) is 0 Å². The van der Waals surface area contributed by atoms with E-state index in [-0.39, 0.29) is 13.2 Å². The quantitative estimate of drug-likeness (QED) is 0.266. The third kappa shape index (κ3) is 5.35. The Morgan fingerprint density at radius 1 is 0.950 bits per heavy atom. The lowest BCUT2D eigenvalue weighted by Gasteiger charge is -2.24. The van der Waals surface area contributed by atoms with E-state index < -0.39 is 17.4 Å². The number of hydrogen-bond acceptors (Lipinski definition) is 4. The average Bonchev–Trinajstić information content (AvgIpc) is 2.43. The minimum absolute atomic E-state index is 0.254. The zero-order valence-electron chi connectivity index (χ0n) is 13.2. The fourth-order valence-corrected chi connectivity index (χ4v) is 1.94. The van der Waals surface area contributed by atoms with Gasteiger partial charge in [0, 0.05) is 0 Å².